The fourth-order valence-electron chi connectivity index (χ4n) is 1.04. The van der Waals surface area contributed by atoms with Crippen molar-refractivity contribution in [2.45, 2.75) is 6.61 Å². The number of benzene rings is 1. The predicted molar refractivity (Wildman–Crippen MR) is 56.5 cm³/mol. The highest BCUT2D eigenvalue weighted by molar-refractivity contribution is 9.10. The van der Waals surface area contributed by atoms with E-state index >= 15 is 0 Å². The first kappa shape index (κ1) is 11.2. The third-order valence-corrected chi connectivity index (χ3v) is 2.48. The van der Waals surface area contributed by atoms with Gasteiger partial charge in [-0.1, -0.05) is 22.0 Å². The number of rotatable bonds is 3. The lowest BCUT2D eigenvalue weighted by atomic mass is 10.1. The molecule has 0 aliphatic heterocycles. The molecule has 1 aromatic carbocycles. The van der Waals surface area contributed by atoms with Gasteiger partial charge in [0.25, 0.3) is 5.91 Å². The topological polar surface area (TPSA) is 64.3 Å². The van der Waals surface area contributed by atoms with Crippen LogP contribution in [-0.4, -0.2) is 13.0 Å². The third kappa shape index (κ3) is 2.54. The second-order valence-electron chi connectivity index (χ2n) is 2.71. The zero-order valence-corrected chi connectivity index (χ0v) is 9.30. The Bertz CT molecular complexity index is 342. The summed E-state index contributed by atoms with van der Waals surface area (Å²) in [5.74, 6) is 4.70. The molecule has 0 atom stereocenters. The summed E-state index contributed by atoms with van der Waals surface area (Å²) in [6.07, 6.45) is 0. The number of halogens is 1. The average molecular weight is 259 g/mol. The summed E-state index contributed by atoms with van der Waals surface area (Å²) in [7, 11) is 1.62. The van der Waals surface area contributed by atoms with E-state index in [9.17, 15) is 4.79 Å². The molecule has 0 heterocycles. The molecule has 0 aliphatic rings. The molecule has 4 nitrogen and oxygen atoms in total. The molecule has 0 saturated heterocycles. The first-order valence-electron chi connectivity index (χ1n) is 3.97. The minimum Gasteiger partial charge on any atom is -0.380 e. The molecular formula is C9H11BrN2O2. The van der Waals surface area contributed by atoms with Gasteiger partial charge in [-0.15, -0.1) is 0 Å². The number of methoxy groups -OCH3 is 1. The van der Waals surface area contributed by atoms with Gasteiger partial charge in [0, 0.05) is 17.1 Å². The Morgan fingerprint density at radius 2 is 2.36 bits per heavy atom. The van der Waals surface area contributed by atoms with Gasteiger partial charge in [0.05, 0.1) is 6.61 Å². The highest BCUT2D eigenvalue weighted by Crippen LogP contribution is 2.19. The zero-order chi connectivity index (χ0) is 10.6. The molecule has 76 valence electrons. The van der Waals surface area contributed by atoms with Crippen LogP contribution in [-0.2, 0) is 11.3 Å². The SMILES string of the molecule is COCc1ccc(C(=O)NN)cc1Br. The summed E-state index contributed by atoms with van der Waals surface area (Å²) in [4.78, 5) is 11.1. The molecule has 0 saturated carbocycles. The van der Waals surface area contributed by atoms with Crippen LogP contribution in [0.4, 0.5) is 0 Å². The number of nitrogen functional groups attached to an aromatic ring is 1. The molecule has 0 spiro atoms. The molecule has 1 rings (SSSR count). The fourth-order valence-corrected chi connectivity index (χ4v) is 1.54. The molecule has 0 aromatic heterocycles. The van der Waals surface area contributed by atoms with E-state index in [0.29, 0.717) is 12.2 Å². The van der Waals surface area contributed by atoms with Crippen LogP contribution in [0.25, 0.3) is 0 Å². The van der Waals surface area contributed by atoms with E-state index in [2.05, 4.69) is 21.4 Å². The number of carbonyl (C=O) groups excluding carboxylic acids is 1. The largest absolute Gasteiger partial charge is 0.380 e. The maximum absolute atomic E-state index is 11.1. The minimum atomic E-state index is -0.310. The van der Waals surface area contributed by atoms with Crippen molar-refractivity contribution < 1.29 is 9.53 Å². The van der Waals surface area contributed by atoms with E-state index in [1.807, 2.05) is 6.07 Å². The quantitative estimate of drug-likeness (QED) is 0.487. The second-order valence-corrected chi connectivity index (χ2v) is 3.57. The lowest BCUT2D eigenvalue weighted by Gasteiger charge is -2.05. The lowest BCUT2D eigenvalue weighted by molar-refractivity contribution is 0.0953. The Labute approximate surface area is 90.5 Å². The van der Waals surface area contributed by atoms with E-state index < -0.39 is 0 Å². The van der Waals surface area contributed by atoms with E-state index in [1.165, 1.54) is 0 Å². The molecule has 0 unspecified atom stereocenters. The predicted octanol–water partition coefficient (Wildman–Crippen LogP) is 1.20. The molecular weight excluding hydrogens is 248 g/mol. The van der Waals surface area contributed by atoms with Crippen LogP contribution in [0.2, 0.25) is 0 Å². The van der Waals surface area contributed by atoms with Crippen LogP contribution in [0.5, 0.6) is 0 Å². The number of nitrogens with two attached hydrogens (primary N) is 1. The highest BCUT2D eigenvalue weighted by atomic mass is 79.9. The number of hydrogen-bond acceptors (Lipinski definition) is 3. The standard InChI is InChI=1S/C9H11BrN2O2/c1-14-5-7-3-2-6(4-8(7)10)9(13)12-11/h2-4H,5,11H2,1H3,(H,12,13). The monoisotopic (exact) mass is 258 g/mol. The van der Waals surface area contributed by atoms with Crippen LogP contribution in [0, 0.1) is 0 Å². The summed E-state index contributed by atoms with van der Waals surface area (Å²) < 4.78 is 5.81. The number of hydrogen-bond donors (Lipinski definition) is 2. The summed E-state index contributed by atoms with van der Waals surface area (Å²) >= 11 is 3.34. The van der Waals surface area contributed by atoms with E-state index in [0.717, 1.165) is 10.0 Å². The van der Waals surface area contributed by atoms with E-state index in [-0.39, 0.29) is 5.91 Å². The normalized spacial score (nSPS) is 9.93. The van der Waals surface area contributed by atoms with Crippen molar-refractivity contribution in [3.63, 3.8) is 0 Å². The van der Waals surface area contributed by atoms with Crippen molar-refractivity contribution in [2.24, 2.45) is 5.84 Å². The molecule has 5 heteroatoms. The van der Waals surface area contributed by atoms with Gasteiger partial charge in [-0.2, -0.15) is 0 Å². The Kier molecular flexibility index (Phi) is 4.06. The Morgan fingerprint density at radius 3 is 2.86 bits per heavy atom. The minimum absolute atomic E-state index is 0.310. The number of carbonyl (C=O) groups is 1. The van der Waals surface area contributed by atoms with E-state index in [1.54, 1.807) is 19.2 Å². The van der Waals surface area contributed by atoms with E-state index in [4.69, 9.17) is 10.6 Å². The van der Waals surface area contributed by atoms with Crippen molar-refractivity contribution in [1.82, 2.24) is 5.43 Å². The van der Waals surface area contributed by atoms with Gasteiger partial charge in [0.2, 0.25) is 0 Å². The van der Waals surface area contributed by atoms with Gasteiger partial charge in [-0.3, -0.25) is 10.2 Å². The maximum atomic E-state index is 11.1. The smallest absolute Gasteiger partial charge is 0.265 e. The van der Waals surface area contributed by atoms with Crippen molar-refractivity contribution in [3.05, 3.63) is 33.8 Å². The molecule has 1 aromatic rings. The zero-order valence-electron chi connectivity index (χ0n) is 7.71. The first-order valence-corrected chi connectivity index (χ1v) is 4.76. The summed E-state index contributed by atoms with van der Waals surface area (Å²) in [5.41, 5.74) is 3.57. The van der Waals surface area contributed by atoms with Crippen molar-refractivity contribution in [3.8, 4) is 0 Å². The highest BCUT2D eigenvalue weighted by Gasteiger charge is 2.06. The van der Waals surface area contributed by atoms with Crippen LogP contribution in [0.15, 0.2) is 22.7 Å². The van der Waals surface area contributed by atoms with Crippen LogP contribution < -0.4 is 11.3 Å². The van der Waals surface area contributed by atoms with Gasteiger partial charge in [-0.05, 0) is 17.7 Å². The second kappa shape index (κ2) is 5.09. The maximum Gasteiger partial charge on any atom is 0.265 e. The molecule has 0 aliphatic carbocycles. The third-order valence-electron chi connectivity index (χ3n) is 1.75. The molecule has 0 bridgehead atoms. The van der Waals surface area contributed by atoms with Crippen molar-refractivity contribution in [1.29, 1.82) is 0 Å². The molecule has 0 fully saturated rings. The van der Waals surface area contributed by atoms with Gasteiger partial charge < -0.3 is 4.74 Å². The Balaban J connectivity index is 2.94. The van der Waals surface area contributed by atoms with Crippen molar-refractivity contribution in [2.75, 3.05) is 7.11 Å². The number of amides is 1. The number of ether oxygens (including phenoxy) is 1. The fraction of sp³-hybridized carbons (Fsp3) is 0.222. The summed E-state index contributed by atoms with van der Waals surface area (Å²) in [6, 6.07) is 5.22. The summed E-state index contributed by atoms with van der Waals surface area (Å²) in [5, 5.41) is 0. The Morgan fingerprint density at radius 1 is 1.64 bits per heavy atom. The van der Waals surface area contributed by atoms with Crippen LogP contribution >= 0.6 is 15.9 Å². The first-order chi connectivity index (χ1) is 6.69. The van der Waals surface area contributed by atoms with Crippen LogP contribution in [0.1, 0.15) is 15.9 Å². The lowest BCUT2D eigenvalue weighted by Crippen LogP contribution is -2.29. The van der Waals surface area contributed by atoms with Gasteiger partial charge in [-0.25, -0.2) is 5.84 Å². The van der Waals surface area contributed by atoms with Gasteiger partial charge in [0.15, 0.2) is 0 Å². The van der Waals surface area contributed by atoms with Crippen molar-refractivity contribution >= 4 is 21.8 Å². The number of hydrazine groups is 1. The Hall–Kier alpha value is -0.910. The number of nitrogens with one attached hydrogen (secondary N) is 1. The average Bonchev–Trinajstić information content (AvgIpc) is 2.20. The molecule has 14 heavy (non-hydrogen) atoms. The summed E-state index contributed by atoms with van der Waals surface area (Å²) in [6.45, 7) is 0.505. The molecule has 0 radical (unpaired) electrons. The molecule has 3 N–H and O–H groups in total. The molecule has 1 amide bonds. The van der Waals surface area contributed by atoms with Gasteiger partial charge >= 0.3 is 0 Å². The van der Waals surface area contributed by atoms with Crippen LogP contribution in [0.3, 0.4) is 0 Å². The van der Waals surface area contributed by atoms with Gasteiger partial charge in [0.1, 0.15) is 0 Å².